The van der Waals surface area contributed by atoms with Crippen molar-refractivity contribution in [3.05, 3.63) is 83.6 Å². The number of hydrogen-bond donors (Lipinski definition) is 1. The Morgan fingerprint density at radius 1 is 1.02 bits per heavy atom. The van der Waals surface area contributed by atoms with Crippen LogP contribution in [0.3, 0.4) is 0 Å². The fourth-order valence-corrected chi connectivity index (χ4v) is 5.11. The standard InChI is InChI=1S/C33H35F2N5O4/c1-22-7-9-24(34)18-28(22)40(33(36)41)38-21-23-8-10-30(26(35)17-23)44-29-11-12-37-27-20-32(31(42-2)19-25(27)29)43-16-6-15-39-13-4-3-5-14-39/h7-12,17-21H,3-6,13-16H2,1-2H3,(H2,36,41). The van der Waals surface area contributed by atoms with Crippen molar-refractivity contribution in [3.63, 3.8) is 0 Å². The van der Waals surface area contributed by atoms with Crippen molar-refractivity contribution < 1.29 is 27.8 Å². The van der Waals surface area contributed by atoms with Crippen LogP contribution in [-0.4, -0.2) is 55.5 Å². The number of ether oxygens (including phenoxy) is 3. The van der Waals surface area contributed by atoms with E-state index in [-0.39, 0.29) is 11.4 Å². The molecule has 4 aromatic rings. The number of piperidine rings is 1. The lowest BCUT2D eigenvalue weighted by molar-refractivity contribution is 0.203. The Labute approximate surface area is 254 Å². The zero-order valence-electron chi connectivity index (χ0n) is 24.8. The number of pyridine rings is 1. The molecule has 0 bridgehead atoms. The summed E-state index contributed by atoms with van der Waals surface area (Å²) in [5.41, 5.74) is 7.17. The Morgan fingerprint density at radius 3 is 2.59 bits per heavy atom. The van der Waals surface area contributed by atoms with E-state index >= 15 is 4.39 Å². The zero-order chi connectivity index (χ0) is 31.1. The molecule has 2 amide bonds. The topological polar surface area (TPSA) is 103 Å². The van der Waals surface area contributed by atoms with Crippen molar-refractivity contribution in [2.75, 3.05) is 38.4 Å². The number of benzene rings is 3. The molecule has 2 N–H and O–H groups in total. The molecule has 1 aromatic heterocycles. The van der Waals surface area contributed by atoms with E-state index < -0.39 is 17.7 Å². The summed E-state index contributed by atoms with van der Waals surface area (Å²) in [4.78, 5) is 18.9. The van der Waals surface area contributed by atoms with Gasteiger partial charge in [-0.1, -0.05) is 12.5 Å². The third-order valence-corrected chi connectivity index (χ3v) is 7.42. The van der Waals surface area contributed by atoms with E-state index in [4.69, 9.17) is 19.9 Å². The van der Waals surface area contributed by atoms with Crippen molar-refractivity contribution in [1.82, 2.24) is 9.88 Å². The number of halogens is 2. The largest absolute Gasteiger partial charge is 0.493 e. The minimum absolute atomic E-state index is 0.0283. The van der Waals surface area contributed by atoms with Crippen molar-refractivity contribution in [3.8, 4) is 23.0 Å². The lowest BCUT2D eigenvalue weighted by Gasteiger charge is -2.26. The summed E-state index contributed by atoms with van der Waals surface area (Å²) in [6.07, 6.45) is 7.56. The van der Waals surface area contributed by atoms with Crippen LogP contribution in [-0.2, 0) is 0 Å². The molecule has 11 heteroatoms. The summed E-state index contributed by atoms with van der Waals surface area (Å²) in [6, 6.07) is 12.4. The van der Waals surface area contributed by atoms with Gasteiger partial charge >= 0.3 is 6.03 Å². The third kappa shape index (κ3) is 7.41. The number of carbonyl (C=O) groups is 1. The highest BCUT2D eigenvalue weighted by Gasteiger charge is 2.17. The molecule has 3 aromatic carbocycles. The molecule has 1 aliphatic rings. The summed E-state index contributed by atoms with van der Waals surface area (Å²) in [6.45, 7) is 5.53. The van der Waals surface area contributed by atoms with Gasteiger partial charge in [0.25, 0.3) is 0 Å². The van der Waals surface area contributed by atoms with Crippen LogP contribution >= 0.6 is 0 Å². The Kier molecular flexibility index (Phi) is 9.86. The SMILES string of the molecule is COc1cc2c(Oc3ccc(C=NN(C(N)=O)c4cc(F)ccc4C)cc3F)ccnc2cc1OCCCN1CCCCC1. The summed E-state index contributed by atoms with van der Waals surface area (Å²) < 4.78 is 46.6. The Hall–Kier alpha value is -4.77. The molecule has 2 heterocycles. The number of likely N-dealkylation sites (tertiary alicyclic amines) is 1. The second-order valence-electron chi connectivity index (χ2n) is 10.6. The van der Waals surface area contributed by atoms with E-state index in [1.807, 2.05) is 0 Å². The number of fused-ring (bicyclic) bond motifs is 1. The molecule has 230 valence electrons. The summed E-state index contributed by atoms with van der Waals surface area (Å²) >= 11 is 0. The second-order valence-corrected chi connectivity index (χ2v) is 10.6. The molecule has 0 spiro atoms. The van der Waals surface area contributed by atoms with Crippen molar-refractivity contribution in [1.29, 1.82) is 0 Å². The predicted molar refractivity (Wildman–Crippen MR) is 166 cm³/mol. The molecule has 1 aliphatic heterocycles. The van der Waals surface area contributed by atoms with Crippen LogP contribution in [0.5, 0.6) is 23.0 Å². The van der Waals surface area contributed by atoms with Crippen LogP contribution in [0.4, 0.5) is 19.3 Å². The number of nitrogens with two attached hydrogens (primary N) is 1. The first-order valence-corrected chi connectivity index (χ1v) is 14.5. The molecule has 0 radical (unpaired) electrons. The van der Waals surface area contributed by atoms with Crippen molar-refractivity contribution in [2.24, 2.45) is 10.8 Å². The molecule has 0 unspecified atom stereocenters. The number of amides is 2. The summed E-state index contributed by atoms with van der Waals surface area (Å²) in [7, 11) is 1.56. The van der Waals surface area contributed by atoms with Gasteiger partial charge in [-0.3, -0.25) is 4.98 Å². The highest BCUT2D eigenvalue weighted by atomic mass is 19.1. The lowest BCUT2D eigenvalue weighted by Crippen LogP contribution is -2.31. The molecule has 5 rings (SSSR count). The number of methoxy groups -OCH3 is 1. The zero-order valence-corrected chi connectivity index (χ0v) is 24.8. The summed E-state index contributed by atoms with van der Waals surface area (Å²) in [5.74, 6) is 0.246. The van der Waals surface area contributed by atoms with Crippen LogP contribution in [0.1, 0.15) is 36.8 Å². The number of aromatic nitrogens is 1. The number of carbonyl (C=O) groups excluding carboxylic acids is 1. The number of urea groups is 1. The van der Waals surface area contributed by atoms with Crippen molar-refractivity contribution >= 4 is 28.8 Å². The minimum Gasteiger partial charge on any atom is -0.493 e. The minimum atomic E-state index is -0.915. The van der Waals surface area contributed by atoms with Gasteiger partial charge in [-0.2, -0.15) is 10.1 Å². The summed E-state index contributed by atoms with van der Waals surface area (Å²) in [5, 5.41) is 5.54. The van der Waals surface area contributed by atoms with E-state index in [2.05, 4.69) is 15.0 Å². The van der Waals surface area contributed by atoms with Gasteiger partial charge < -0.3 is 24.8 Å². The maximum atomic E-state index is 15.2. The third-order valence-electron chi connectivity index (χ3n) is 7.42. The molecule has 44 heavy (non-hydrogen) atoms. The van der Waals surface area contributed by atoms with Gasteiger partial charge in [0.15, 0.2) is 23.1 Å². The fourth-order valence-electron chi connectivity index (χ4n) is 5.11. The van der Waals surface area contributed by atoms with Crippen LogP contribution in [0, 0.1) is 18.6 Å². The number of aryl methyl sites for hydroxylation is 1. The molecule has 1 fully saturated rings. The van der Waals surface area contributed by atoms with E-state index in [9.17, 15) is 9.18 Å². The quantitative estimate of drug-likeness (QED) is 0.115. The average Bonchev–Trinajstić information content (AvgIpc) is 3.02. The maximum absolute atomic E-state index is 15.2. The average molecular weight is 604 g/mol. The van der Waals surface area contributed by atoms with Crippen LogP contribution in [0.25, 0.3) is 10.9 Å². The molecular weight excluding hydrogens is 568 g/mol. The van der Waals surface area contributed by atoms with Crippen molar-refractivity contribution in [2.45, 2.75) is 32.6 Å². The van der Waals surface area contributed by atoms with E-state index in [1.54, 1.807) is 44.5 Å². The number of primary amides is 1. The Morgan fingerprint density at radius 2 is 1.84 bits per heavy atom. The molecular formula is C33H35F2N5O4. The van der Waals surface area contributed by atoms with E-state index in [1.165, 1.54) is 49.7 Å². The number of hydrogen-bond acceptors (Lipinski definition) is 7. The maximum Gasteiger partial charge on any atom is 0.340 e. The van der Waals surface area contributed by atoms with Gasteiger partial charge in [0, 0.05) is 30.3 Å². The van der Waals surface area contributed by atoms with Gasteiger partial charge in [-0.25, -0.2) is 13.6 Å². The molecule has 9 nitrogen and oxygen atoms in total. The number of anilines is 1. The second kappa shape index (κ2) is 14.1. The first-order valence-electron chi connectivity index (χ1n) is 14.5. The molecule has 0 aliphatic carbocycles. The Bertz CT molecular complexity index is 1660. The Balaban J connectivity index is 1.30. The van der Waals surface area contributed by atoms with E-state index in [0.29, 0.717) is 45.9 Å². The number of rotatable bonds is 11. The smallest absolute Gasteiger partial charge is 0.340 e. The first-order chi connectivity index (χ1) is 21.3. The molecule has 0 atom stereocenters. The van der Waals surface area contributed by atoms with Crippen LogP contribution < -0.4 is 25.0 Å². The molecule has 1 saturated heterocycles. The highest BCUT2D eigenvalue weighted by molar-refractivity contribution is 5.94. The monoisotopic (exact) mass is 603 g/mol. The fraction of sp³-hybridized carbons (Fsp3) is 0.303. The van der Waals surface area contributed by atoms with E-state index in [0.717, 1.165) is 37.1 Å². The van der Waals surface area contributed by atoms with Crippen LogP contribution in [0.2, 0.25) is 0 Å². The normalized spacial score (nSPS) is 13.7. The molecule has 0 saturated carbocycles. The number of nitrogens with zero attached hydrogens (tertiary/aromatic N) is 4. The van der Waals surface area contributed by atoms with Gasteiger partial charge in [0.2, 0.25) is 0 Å². The lowest BCUT2D eigenvalue weighted by atomic mass is 10.1. The highest BCUT2D eigenvalue weighted by Crippen LogP contribution is 2.37. The first kappa shape index (κ1) is 30.7. The van der Waals surface area contributed by atoms with Gasteiger partial charge in [0.05, 0.1) is 31.1 Å². The van der Waals surface area contributed by atoms with Gasteiger partial charge in [0.1, 0.15) is 11.6 Å². The predicted octanol–water partition coefficient (Wildman–Crippen LogP) is 6.80. The van der Waals surface area contributed by atoms with Gasteiger partial charge in [-0.15, -0.1) is 0 Å². The van der Waals surface area contributed by atoms with Gasteiger partial charge in [-0.05, 0) is 86.8 Å². The van der Waals surface area contributed by atoms with Crippen LogP contribution in [0.15, 0.2) is 65.9 Å². The number of hydrazone groups is 1.